The van der Waals surface area contributed by atoms with E-state index in [1.807, 2.05) is 36.4 Å². The molecule has 3 aromatic rings. The third-order valence-electron chi connectivity index (χ3n) is 3.71. The summed E-state index contributed by atoms with van der Waals surface area (Å²) >= 11 is 0. The van der Waals surface area contributed by atoms with Crippen LogP contribution >= 0.6 is 0 Å². The van der Waals surface area contributed by atoms with E-state index < -0.39 is 12.6 Å². The first-order valence-electron chi connectivity index (χ1n) is 8.51. The molecule has 0 aliphatic rings. The van der Waals surface area contributed by atoms with Crippen LogP contribution in [-0.4, -0.2) is 12.6 Å². The summed E-state index contributed by atoms with van der Waals surface area (Å²) in [4.78, 5) is 12.2. The average Bonchev–Trinajstić information content (AvgIpc) is 2.69. The molecule has 0 aliphatic heterocycles. The molecule has 0 saturated carbocycles. The number of nitrogens with one attached hydrogen (secondary N) is 2. The first-order chi connectivity index (χ1) is 13.6. The highest BCUT2D eigenvalue weighted by Gasteiger charge is 2.09. The summed E-state index contributed by atoms with van der Waals surface area (Å²) in [5, 5.41) is 5.44. The number of ether oxygens (including phenoxy) is 2. The number of amides is 2. The zero-order valence-electron chi connectivity index (χ0n) is 14.8. The van der Waals surface area contributed by atoms with Crippen LogP contribution < -0.4 is 20.1 Å². The fraction of sp³-hybridized carbons (Fsp3) is 0.0952. The van der Waals surface area contributed by atoms with Gasteiger partial charge >= 0.3 is 12.6 Å². The van der Waals surface area contributed by atoms with E-state index >= 15 is 0 Å². The number of hydrogen-bond acceptors (Lipinski definition) is 3. The number of halogens is 2. The third kappa shape index (κ3) is 5.70. The molecule has 0 heterocycles. The van der Waals surface area contributed by atoms with Crippen molar-refractivity contribution in [1.29, 1.82) is 0 Å². The van der Waals surface area contributed by atoms with Gasteiger partial charge in [0.2, 0.25) is 0 Å². The minimum atomic E-state index is -2.87. The van der Waals surface area contributed by atoms with Crippen molar-refractivity contribution in [3.63, 3.8) is 0 Å². The zero-order valence-corrected chi connectivity index (χ0v) is 14.8. The van der Waals surface area contributed by atoms with Gasteiger partial charge in [0.25, 0.3) is 0 Å². The van der Waals surface area contributed by atoms with E-state index in [4.69, 9.17) is 4.74 Å². The molecular formula is C21H18F2N2O3. The van der Waals surface area contributed by atoms with Crippen LogP contribution in [0.4, 0.5) is 19.3 Å². The molecule has 0 aromatic heterocycles. The van der Waals surface area contributed by atoms with Crippen molar-refractivity contribution in [3.8, 4) is 17.2 Å². The molecule has 0 spiro atoms. The Bertz CT molecular complexity index is 903. The first-order valence-corrected chi connectivity index (χ1v) is 8.51. The number of carbonyl (C=O) groups excluding carboxylic acids is 1. The second-order valence-electron chi connectivity index (χ2n) is 5.74. The summed E-state index contributed by atoms with van der Waals surface area (Å²) in [6.45, 7) is -2.64. The number of alkyl halides is 2. The van der Waals surface area contributed by atoms with Crippen LogP contribution in [-0.2, 0) is 6.54 Å². The predicted molar refractivity (Wildman–Crippen MR) is 102 cm³/mol. The molecular weight excluding hydrogens is 366 g/mol. The largest absolute Gasteiger partial charge is 0.455 e. The molecule has 144 valence electrons. The van der Waals surface area contributed by atoms with Gasteiger partial charge in [0.1, 0.15) is 11.5 Å². The highest BCUT2D eigenvalue weighted by atomic mass is 19.3. The number of carbonyl (C=O) groups is 1. The lowest BCUT2D eigenvalue weighted by Crippen LogP contribution is -2.28. The van der Waals surface area contributed by atoms with E-state index in [0.717, 1.165) is 5.56 Å². The Morgan fingerprint density at radius 3 is 2.25 bits per heavy atom. The summed E-state index contributed by atoms with van der Waals surface area (Å²) in [6.07, 6.45) is 0. The van der Waals surface area contributed by atoms with E-state index in [2.05, 4.69) is 15.4 Å². The lowest BCUT2D eigenvalue weighted by atomic mass is 10.2. The molecule has 0 aliphatic carbocycles. The number of anilines is 1. The van der Waals surface area contributed by atoms with Crippen molar-refractivity contribution >= 4 is 11.7 Å². The topological polar surface area (TPSA) is 59.6 Å². The quantitative estimate of drug-likeness (QED) is 0.573. The number of benzene rings is 3. The second-order valence-corrected chi connectivity index (χ2v) is 5.74. The normalized spacial score (nSPS) is 10.4. The van der Waals surface area contributed by atoms with Crippen molar-refractivity contribution in [3.05, 3.63) is 84.4 Å². The van der Waals surface area contributed by atoms with Crippen molar-refractivity contribution in [2.75, 3.05) is 5.32 Å². The van der Waals surface area contributed by atoms with Crippen molar-refractivity contribution < 1.29 is 23.0 Å². The molecule has 2 amide bonds. The summed E-state index contributed by atoms with van der Waals surface area (Å²) in [7, 11) is 0. The summed E-state index contributed by atoms with van der Waals surface area (Å²) in [6, 6.07) is 21.9. The van der Waals surface area contributed by atoms with Gasteiger partial charge in [-0.2, -0.15) is 8.78 Å². The van der Waals surface area contributed by atoms with Crippen LogP contribution in [0.3, 0.4) is 0 Å². The standard InChI is InChI=1S/C21H18F2N2O3/c22-20(23)28-17-12-10-15(11-13-17)14-24-21(26)25-18-8-4-5-9-19(18)27-16-6-2-1-3-7-16/h1-13,20H,14H2,(H2,24,25,26). The van der Waals surface area contributed by atoms with E-state index in [1.54, 1.807) is 30.3 Å². The molecule has 0 saturated heterocycles. The Balaban J connectivity index is 1.56. The second kappa shape index (κ2) is 9.36. The van der Waals surface area contributed by atoms with Gasteiger partial charge in [-0.3, -0.25) is 0 Å². The fourth-order valence-electron chi connectivity index (χ4n) is 2.41. The molecule has 0 fully saturated rings. The maximum atomic E-state index is 12.2. The Hall–Kier alpha value is -3.61. The van der Waals surface area contributed by atoms with Gasteiger partial charge < -0.3 is 20.1 Å². The monoisotopic (exact) mass is 384 g/mol. The molecule has 0 atom stereocenters. The fourth-order valence-corrected chi connectivity index (χ4v) is 2.41. The molecule has 3 rings (SSSR count). The molecule has 0 radical (unpaired) electrons. The van der Waals surface area contributed by atoms with Crippen LogP contribution in [0.25, 0.3) is 0 Å². The van der Waals surface area contributed by atoms with Crippen molar-refractivity contribution in [1.82, 2.24) is 5.32 Å². The van der Waals surface area contributed by atoms with Gasteiger partial charge in [-0.05, 0) is 42.0 Å². The van der Waals surface area contributed by atoms with E-state index in [-0.39, 0.29) is 12.3 Å². The molecule has 0 bridgehead atoms. The highest BCUT2D eigenvalue weighted by molar-refractivity contribution is 5.90. The maximum absolute atomic E-state index is 12.2. The van der Waals surface area contributed by atoms with Crippen LogP contribution in [0.15, 0.2) is 78.9 Å². The van der Waals surface area contributed by atoms with Gasteiger partial charge in [-0.15, -0.1) is 0 Å². The predicted octanol–water partition coefficient (Wildman–Crippen LogP) is 5.40. The average molecular weight is 384 g/mol. The van der Waals surface area contributed by atoms with Crippen LogP contribution in [0.2, 0.25) is 0 Å². The minimum Gasteiger partial charge on any atom is -0.455 e. The zero-order chi connectivity index (χ0) is 19.8. The first kappa shape index (κ1) is 19.2. The van der Waals surface area contributed by atoms with Gasteiger partial charge in [-0.25, -0.2) is 4.79 Å². The van der Waals surface area contributed by atoms with Crippen LogP contribution in [0.1, 0.15) is 5.56 Å². The lowest BCUT2D eigenvalue weighted by Gasteiger charge is -2.13. The van der Waals surface area contributed by atoms with Crippen LogP contribution in [0.5, 0.6) is 17.2 Å². The Kier molecular flexibility index (Phi) is 6.41. The van der Waals surface area contributed by atoms with Crippen molar-refractivity contribution in [2.24, 2.45) is 0 Å². The Morgan fingerprint density at radius 2 is 1.54 bits per heavy atom. The molecule has 3 aromatic carbocycles. The summed E-state index contributed by atoms with van der Waals surface area (Å²) < 4.78 is 34.4. The van der Waals surface area contributed by atoms with Gasteiger partial charge in [0.15, 0.2) is 5.75 Å². The van der Waals surface area contributed by atoms with Crippen LogP contribution in [0, 0.1) is 0 Å². The van der Waals surface area contributed by atoms with Gasteiger partial charge in [-0.1, -0.05) is 42.5 Å². The van der Waals surface area contributed by atoms with E-state index in [1.165, 1.54) is 12.1 Å². The van der Waals surface area contributed by atoms with E-state index in [9.17, 15) is 13.6 Å². The highest BCUT2D eigenvalue weighted by Crippen LogP contribution is 2.29. The smallest absolute Gasteiger partial charge is 0.387 e. The molecule has 2 N–H and O–H groups in total. The summed E-state index contributed by atoms with van der Waals surface area (Å²) in [5.74, 6) is 1.23. The van der Waals surface area contributed by atoms with Crippen molar-refractivity contribution in [2.45, 2.75) is 13.2 Å². The van der Waals surface area contributed by atoms with E-state index in [0.29, 0.717) is 17.2 Å². The number of para-hydroxylation sites is 3. The maximum Gasteiger partial charge on any atom is 0.387 e. The SMILES string of the molecule is O=C(NCc1ccc(OC(F)F)cc1)Nc1ccccc1Oc1ccccc1. The Labute approximate surface area is 160 Å². The van der Waals surface area contributed by atoms with Gasteiger partial charge in [0.05, 0.1) is 5.69 Å². The number of hydrogen-bond donors (Lipinski definition) is 2. The summed E-state index contributed by atoms with van der Waals surface area (Å²) in [5.41, 5.74) is 1.26. The van der Waals surface area contributed by atoms with Gasteiger partial charge in [0, 0.05) is 6.54 Å². The third-order valence-corrected chi connectivity index (χ3v) is 3.71. The molecule has 0 unspecified atom stereocenters. The molecule has 7 heteroatoms. The minimum absolute atomic E-state index is 0.0650. The lowest BCUT2D eigenvalue weighted by molar-refractivity contribution is -0.0498. The Morgan fingerprint density at radius 1 is 0.857 bits per heavy atom. The molecule has 5 nitrogen and oxygen atoms in total. The molecule has 28 heavy (non-hydrogen) atoms. The number of urea groups is 1. The number of rotatable bonds is 7.